The zero-order chi connectivity index (χ0) is 12.2. The molecule has 2 nitrogen and oxygen atoms in total. The third kappa shape index (κ3) is 2.42. The second-order valence-corrected chi connectivity index (χ2v) is 4.94. The van der Waals surface area contributed by atoms with Crippen molar-refractivity contribution < 1.29 is 4.42 Å². The summed E-state index contributed by atoms with van der Waals surface area (Å²) >= 11 is 0. The van der Waals surface area contributed by atoms with Gasteiger partial charge in [-0.05, 0) is 31.2 Å². The van der Waals surface area contributed by atoms with Crippen molar-refractivity contribution in [3.05, 3.63) is 54.5 Å². The number of anilines is 1. The van der Waals surface area contributed by atoms with E-state index in [9.17, 15) is 0 Å². The van der Waals surface area contributed by atoms with Crippen molar-refractivity contribution in [3.8, 4) is 0 Å². The van der Waals surface area contributed by atoms with Crippen LogP contribution in [0.3, 0.4) is 0 Å². The summed E-state index contributed by atoms with van der Waals surface area (Å²) in [7, 11) is 0. The summed E-state index contributed by atoms with van der Waals surface area (Å²) in [5.41, 5.74) is 2.52. The lowest BCUT2D eigenvalue weighted by Crippen LogP contribution is -2.40. The van der Waals surface area contributed by atoms with E-state index in [1.807, 2.05) is 6.07 Å². The summed E-state index contributed by atoms with van der Waals surface area (Å²) < 4.78 is 5.10. The molecule has 0 spiro atoms. The minimum Gasteiger partial charge on any atom is -0.459 e. The van der Waals surface area contributed by atoms with Gasteiger partial charge in [-0.2, -0.15) is 0 Å². The van der Waals surface area contributed by atoms with Crippen molar-refractivity contribution in [1.29, 1.82) is 0 Å². The van der Waals surface area contributed by atoms with Gasteiger partial charge in [-0.1, -0.05) is 30.3 Å². The van der Waals surface area contributed by atoms with Crippen molar-refractivity contribution in [2.24, 2.45) is 0 Å². The summed E-state index contributed by atoms with van der Waals surface area (Å²) in [6.45, 7) is 1.12. The van der Waals surface area contributed by atoms with Crippen molar-refractivity contribution in [3.63, 3.8) is 0 Å². The maximum absolute atomic E-state index is 5.10. The van der Waals surface area contributed by atoms with Gasteiger partial charge in [0.1, 0.15) is 0 Å². The van der Waals surface area contributed by atoms with Crippen molar-refractivity contribution in [2.45, 2.75) is 31.7 Å². The fourth-order valence-electron chi connectivity index (χ4n) is 2.80. The molecule has 2 aromatic rings. The van der Waals surface area contributed by atoms with Crippen molar-refractivity contribution in [2.75, 3.05) is 11.4 Å². The molecule has 0 N–H and O–H groups in total. The van der Waals surface area contributed by atoms with E-state index in [2.05, 4.69) is 41.5 Å². The topological polar surface area (TPSA) is 16.4 Å². The standard InChI is InChI=1S/C16H18NO/c1-2-6-14(7-3-1)12-15-8-4-5-10-17(15)16-9-11-18-13-16/h1-3,6-7,9,11,15H,4-5,8,10,12H2. The van der Waals surface area contributed by atoms with Gasteiger partial charge in [-0.15, -0.1) is 0 Å². The van der Waals surface area contributed by atoms with Crippen LogP contribution in [0, 0.1) is 6.26 Å². The molecule has 1 aromatic carbocycles. The predicted octanol–water partition coefficient (Wildman–Crippen LogP) is 3.68. The molecule has 0 bridgehead atoms. The highest BCUT2D eigenvalue weighted by atomic mass is 16.3. The van der Waals surface area contributed by atoms with Gasteiger partial charge < -0.3 is 9.32 Å². The highest BCUT2D eigenvalue weighted by Crippen LogP contribution is 2.26. The lowest BCUT2D eigenvalue weighted by Gasteiger charge is -2.36. The van der Waals surface area contributed by atoms with E-state index in [0.717, 1.165) is 18.7 Å². The Morgan fingerprint density at radius 1 is 1.17 bits per heavy atom. The van der Waals surface area contributed by atoms with Crippen LogP contribution < -0.4 is 4.90 Å². The first-order valence-corrected chi connectivity index (χ1v) is 6.69. The van der Waals surface area contributed by atoms with E-state index in [0.29, 0.717) is 6.04 Å². The van der Waals surface area contributed by atoms with Crippen LogP contribution in [-0.4, -0.2) is 12.6 Å². The summed E-state index contributed by atoms with van der Waals surface area (Å²) in [6.07, 6.45) is 9.65. The lowest BCUT2D eigenvalue weighted by molar-refractivity contribution is 0.454. The number of benzene rings is 1. The Morgan fingerprint density at radius 2 is 2.06 bits per heavy atom. The molecule has 1 unspecified atom stereocenters. The van der Waals surface area contributed by atoms with Crippen LogP contribution in [0.4, 0.5) is 5.69 Å². The van der Waals surface area contributed by atoms with Gasteiger partial charge in [0.15, 0.2) is 6.26 Å². The van der Waals surface area contributed by atoms with Gasteiger partial charge >= 0.3 is 0 Å². The third-order valence-corrected chi connectivity index (χ3v) is 3.71. The molecule has 93 valence electrons. The Labute approximate surface area is 108 Å². The number of hydrogen-bond acceptors (Lipinski definition) is 2. The second-order valence-electron chi connectivity index (χ2n) is 4.94. The van der Waals surface area contributed by atoms with Crippen molar-refractivity contribution in [1.82, 2.24) is 0 Å². The second kappa shape index (κ2) is 5.30. The molecular formula is C16H18NO. The first-order valence-electron chi connectivity index (χ1n) is 6.69. The number of nitrogens with zero attached hydrogens (tertiary/aromatic N) is 1. The monoisotopic (exact) mass is 240 g/mol. The number of rotatable bonds is 3. The summed E-state index contributed by atoms with van der Waals surface area (Å²) in [5, 5.41) is 0. The van der Waals surface area contributed by atoms with Gasteiger partial charge in [0.2, 0.25) is 0 Å². The van der Waals surface area contributed by atoms with E-state index in [1.165, 1.54) is 24.8 Å². The van der Waals surface area contributed by atoms with E-state index >= 15 is 0 Å². The van der Waals surface area contributed by atoms with Gasteiger partial charge in [-0.3, -0.25) is 0 Å². The minimum atomic E-state index is 0.579. The molecule has 1 saturated heterocycles. The van der Waals surface area contributed by atoms with Gasteiger partial charge in [0, 0.05) is 18.7 Å². The predicted molar refractivity (Wildman–Crippen MR) is 72.7 cm³/mol. The maximum atomic E-state index is 5.10. The maximum Gasteiger partial charge on any atom is 0.194 e. The zero-order valence-corrected chi connectivity index (χ0v) is 10.5. The van der Waals surface area contributed by atoms with Crippen LogP contribution in [0.1, 0.15) is 24.8 Å². The normalized spacial score (nSPS) is 20.0. The molecule has 0 aliphatic carbocycles. The van der Waals surface area contributed by atoms with Crippen molar-refractivity contribution >= 4 is 5.69 Å². The highest BCUT2D eigenvalue weighted by molar-refractivity contribution is 5.44. The Kier molecular flexibility index (Phi) is 3.35. The van der Waals surface area contributed by atoms with E-state index in [4.69, 9.17) is 4.42 Å². The van der Waals surface area contributed by atoms with E-state index in [-0.39, 0.29) is 0 Å². The Hall–Kier alpha value is -1.70. The third-order valence-electron chi connectivity index (χ3n) is 3.71. The van der Waals surface area contributed by atoms with Gasteiger partial charge in [0.25, 0.3) is 0 Å². The average Bonchev–Trinajstić information content (AvgIpc) is 2.94. The molecule has 2 heteroatoms. The largest absolute Gasteiger partial charge is 0.459 e. The molecule has 1 atom stereocenters. The Bertz CT molecular complexity index is 463. The van der Waals surface area contributed by atoms with Crippen LogP contribution in [0.2, 0.25) is 0 Å². The Morgan fingerprint density at radius 3 is 2.83 bits per heavy atom. The number of hydrogen-bond donors (Lipinski definition) is 0. The molecule has 18 heavy (non-hydrogen) atoms. The first-order chi connectivity index (χ1) is 8.93. The molecule has 0 saturated carbocycles. The fourth-order valence-corrected chi connectivity index (χ4v) is 2.80. The first kappa shape index (κ1) is 11.4. The number of furan rings is 1. The van der Waals surface area contributed by atoms with Crippen LogP contribution in [-0.2, 0) is 6.42 Å². The van der Waals surface area contributed by atoms with Gasteiger partial charge in [0.05, 0.1) is 12.0 Å². The molecular weight excluding hydrogens is 222 g/mol. The van der Waals surface area contributed by atoms with Crippen LogP contribution in [0.25, 0.3) is 0 Å². The smallest absolute Gasteiger partial charge is 0.194 e. The fraction of sp³-hybridized carbons (Fsp3) is 0.375. The molecule has 1 radical (unpaired) electrons. The summed E-state index contributed by atoms with van der Waals surface area (Å²) in [6, 6.07) is 13.3. The zero-order valence-electron chi connectivity index (χ0n) is 10.5. The SMILES string of the molecule is [c]1occc1N1CCCCC1Cc1ccccc1. The summed E-state index contributed by atoms with van der Waals surface area (Å²) in [4.78, 5) is 2.44. The number of piperidine rings is 1. The highest BCUT2D eigenvalue weighted by Gasteiger charge is 2.23. The van der Waals surface area contributed by atoms with Crippen LogP contribution in [0.15, 0.2) is 47.1 Å². The molecule has 1 aliphatic rings. The molecule has 0 amide bonds. The van der Waals surface area contributed by atoms with Gasteiger partial charge in [-0.25, -0.2) is 0 Å². The van der Waals surface area contributed by atoms with E-state index < -0.39 is 0 Å². The lowest BCUT2D eigenvalue weighted by atomic mass is 9.95. The average molecular weight is 240 g/mol. The molecule has 3 rings (SSSR count). The van der Waals surface area contributed by atoms with E-state index in [1.54, 1.807) is 6.26 Å². The molecule has 1 fully saturated rings. The van der Waals surface area contributed by atoms with Crippen LogP contribution in [0.5, 0.6) is 0 Å². The molecule has 2 heterocycles. The molecule has 1 aliphatic heterocycles. The van der Waals surface area contributed by atoms with Crippen LogP contribution >= 0.6 is 0 Å². The summed E-state index contributed by atoms with van der Waals surface area (Å²) in [5.74, 6) is 0. The minimum absolute atomic E-state index is 0.579. The Balaban J connectivity index is 1.76. The molecule has 1 aromatic heterocycles. The quantitative estimate of drug-likeness (QED) is 0.813.